The molecule has 0 aliphatic rings. The number of carbonyl (C=O) groups is 1. The van der Waals surface area contributed by atoms with E-state index in [2.05, 4.69) is 10.5 Å². The normalized spacial score (nSPS) is 10.9. The van der Waals surface area contributed by atoms with Crippen molar-refractivity contribution in [3.05, 3.63) is 59.7 Å². The predicted octanol–water partition coefficient (Wildman–Crippen LogP) is 3.62. The van der Waals surface area contributed by atoms with Crippen LogP contribution in [-0.4, -0.2) is 23.4 Å². The second-order valence-corrected chi connectivity index (χ2v) is 4.99. The molecular formula is C17H18N2O3. The molecule has 0 fully saturated rings. The Morgan fingerprint density at radius 2 is 1.77 bits per heavy atom. The average molecular weight is 298 g/mol. The minimum Gasteiger partial charge on any atom is -0.491 e. The number of hydrogen-bond acceptors (Lipinski definition) is 4. The summed E-state index contributed by atoms with van der Waals surface area (Å²) < 4.78 is 5.57. The number of rotatable bonds is 6. The highest BCUT2D eigenvalue weighted by atomic mass is 16.5. The summed E-state index contributed by atoms with van der Waals surface area (Å²) in [6.07, 6.45) is 1.83. The van der Waals surface area contributed by atoms with Crippen LogP contribution in [0.25, 0.3) is 0 Å². The number of benzene rings is 2. The van der Waals surface area contributed by atoms with Gasteiger partial charge in [-0.1, -0.05) is 0 Å². The van der Waals surface area contributed by atoms with Crippen LogP contribution >= 0.6 is 0 Å². The number of hydrazone groups is 1. The molecule has 0 aliphatic carbocycles. The molecule has 0 radical (unpaired) electrons. The van der Waals surface area contributed by atoms with Gasteiger partial charge in [-0.05, 0) is 67.9 Å². The van der Waals surface area contributed by atoms with Gasteiger partial charge < -0.3 is 9.84 Å². The van der Waals surface area contributed by atoms with Crippen LogP contribution in [0.4, 0.5) is 5.69 Å². The van der Waals surface area contributed by atoms with Gasteiger partial charge >= 0.3 is 5.97 Å². The number of aromatic carboxylic acids is 1. The summed E-state index contributed by atoms with van der Waals surface area (Å²) >= 11 is 0. The fourth-order valence-electron chi connectivity index (χ4n) is 1.77. The Morgan fingerprint density at radius 3 is 2.32 bits per heavy atom. The molecule has 0 bridgehead atoms. The lowest BCUT2D eigenvalue weighted by Gasteiger charge is -2.09. The van der Waals surface area contributed by atoms with E-state index in [0.717, 1.165) is 17.0 Å². The fraction of sp³-hybridized carbons (Fsp3) is 0.176. The summed E-state index contributed by atoms with van der Waals surface area (Å²) in [5.74, 6) is -0.122. The van der Waals surface area contributed by atoms with E-state index >= 15 is 0 Å². The largest absolute Gasteiger partial charge is 0.491 e. The molecule has 22 heavy (non-hydrogen) atoms. The Labute approximate surface area is 129 Å². The van der Waals surface area contributed by atoms with Crippen molar-refractivity contribution in [3.8, 4) is 5.75 Å². The molecule has 0 aliphatic heterocycles. The van der Waals surface area contributed by atoms with E-state index in [1.165, 1.54) is 12.1 Å². The molecule has 2 N–H and O–H groups in total. The van der Waals surface area contributed by atoms with Crippen molar-refractivity contribution < 1.29 is 14.6 Å². The smallest absolute Gasteiger partial charge is 0.335 e. The van der Waals surface area contributed by atoms with E-state index in [4.69, 9.17) is 9.84 Å². The van der Waals surface area contributed by atoms with Crippen molar-refractivity contribution in [1.29, 1.82) is 0 Å². The third kappa shape index (κ3) is 4.63. The number of nitrogens with zero attached hydrogens (tertiary/aromatic N) is 1. The van der Waals surface area contributed by atoms with Crippen molar-refractivity contribution in [1.82, 2.24) is 0 Å². The Bertz CT molecular complexity index is 647. The summed E-state index contributed by atoms with van der Waals surface area (Å²) in [6, 6.07) is 14.0. The number of ether oxygens (including phenoxy) is 1. The van der Waals surface area contributed by atoms with Crippen LogP contribution in [0.5, 0.6) is 5.75 Å². The van der Waals surface area contributed by atoms with Gasteiger partial charge in [-0.15, -0.1) is 0 Å². The first-order valence-corrected chi connectivity index (χ1v) is 6.94. The van der Waals surface area contributed by atoms with Gasteiger partial charge in [-0.3, -0.25) is 5.43 Å². The predicted molar refractivity (Wildman–Crippen MR) is 86.8 cm³/mol. The Balaban J connectivity index is 1.93. The number of carboxylic acids is 1. The molecule has 0 spiro atoms. The van der Waals surface area contributed by atoms with Crippen LogP contribution in [0.3, 0.4) is 0 Å². The maximum absolute atomic E-state index is 10.7. The molecule has 0 aromatic heterocycles. The standard InChI is InChI=1S/C17H18N2O3/c1-12(2)22-16-9-3-13(4-10-16)11-18-19-15-7-5-14(6-8-15)17(20)21/h3-12,19H,1-2H3,(H,20,21)/b18-11+. The Hall–Kier alpha value is -2.82. The summed E-state index contributed by atoms with van der Waals surface area (Å²) in [6.45, 7) is 3.96. The molecular weight excluding hydrogens is 280 g/mol. The molecule has 0 amide bonds. The van der Waals surface area contributed by atoms with E-state index < -0.39 is 5.97 Å². The molecule has 0 heterocycles. The minimum absolute atomic E-state index is 0.148. The van der Waals surface area contributed by atoms with Gasteiger partial charge in [0.1, 0.15) is 5.75 Å². The van der Waals surface area contributed by atoms with Crippen molar-refractivity contribution in [2.45, 2.75) is 20.0 Å². The summed E-state index contributed by atoms with van der Waals surface area (Å²) in [5.41, 5.74) is 4.76. The van der Waals surface area contributed by atoms with Gasteiger partial charge in [-0.2, -0.15) is 5.10 Å². The number of nitrogens with one attached hydrogen (secondary N) is 1. The molecule has 2 aromatic carbocycles. The zero-order valence-electron chi connectivity index (χ0n) is 12.5. The van der Waals surface area contributed by atoms with E-state index in [0.29, 0.717) is 0 Å². The zero-order chi connectivity index (χ0) is 15.9. The molecule has 0 atom stereocenters. The van der Waals surface area contributed by atoms with Gasteiger partial charge in [0.25, 0.3) is 0 Å². The SMILES string of the molecule is CC(C)Oc1ccc(/C=N/Nc2ccc(C(=O)O)cc2)cc1. The van der Waals surface area contributed by atoms with Crippen LogP contribution in [0.2, 0.25) is 0 Å². The van der Waals surface area contributed by atoms with Gasteiger partial charge in [0.15, 0.2) is 0 Å². The van der Waals surface area contributed by atoms with Crippen LogP contribution in [0.15, 0.2) is 53.6 Å². The molecule has 0 unspecified atom stereocenters. The van der Waals surface area contributed by atoms with Crippen LogP contribution in [-0.2, 0) is 0 Å². The maximum atomic E-state index is 10.7. The first-order chi connectivity index (χ1) is 10.5. The molecule has 5 nitrogen and oxygen atoms in total. The summed E-state index contributed by atoms with van der Waals surface area (Å²) in [4.78, 5) is 10.7. The highest BCUT2D eigenvalue weighted by molar-refractivity contribution is 5.88. The maximum Gasteiger partial charge on any atom is 0.335 e. The van der Waals surface area contributed by atoms with Crippen LogP contribution in [0.1, 0.15) is 29.8 Å². The summed E-state index contributed by atoms with van der Waals surface area (Å²) in [5, 5.41) is 12.9. The number of carboxylic acid groups (broad SMARTS) is 1. The van der Waals surface area contributed by atoms with Gasteiger partial charge in [-0.25, -0.2) is 4.79 Å². The van der Waals surface area contributed by atoms with E-state index in [-0.39, 0.29) is 11.7 Å². The minimum atomic E-state index is -0.946. The summed E-state index contributed by atoms with van der Waals surface area (Å²) in [7, 11) is 0. The fourth-order valence-corrected chi connectivity index (χ4v) is 1.77. The first kappa shape index (κ1) is 15.6. The topological polar surface area (TPSA) is 70.9 Å². The van der Waals surface area contributed by atoms with E-state index in [1.54, 1.807) is 18.3 Å². The highest BCUT2D eigenvalue weighted by Crippen LogP contribution is 2.13. The third-order valence-corrected chi connectivity index (χ3v) is 2.79. The zero-order valence-corrected chi connectivity index (χ0v) is 12.5. The second kappa shape index (κ2) is 7.26. The lowest BCUT2D eigenvalue weighted by atomic mass is 10.2. The highest BCUT2D eigenvalue weighted by Gasteiger charge is 2.00. The molecule has 0 saturated heterocycles. The van der Waals surface area contributed by atoms with E-state index in [9.17, 15) is 4.79 Å². The monoisotopic (exact) mass is 298 g/mol. The second-order valence-electron chi connectivity index (χ2n) is 4.99. The molecule has 2 aromatic rings. The lowest BCUT2D eigenvalue weighted by Crippen LogP contribution is -2.05. The molecule has 5 heteroatoms. The molecule has 0 saturated carbocycles. The van der Waals surface area contributed by atoms with Crippen molar-refractivity contribution in [3.63, 3.8) is 0 Å². The Kier molecular flexibility index (Phi) is 5.14. The van der Waals surface area contributed by atoms with E-state index in [1.807, 2.05) is 38.1 Å². The number of anilines is 1. The van der Waals surface area contributed by atoms with Gasteiger partial charge in [0, 0.05) is 0 Å². The Morgan fingerprint density at radius 1 is 1.14 bits per heavy atom. The van der Waals surface area contributed by atoms with Gasteiger partial charge in [0.2, 0.25) is 0 Å². The molecule has 2 rings (SSSR count). The van der Waals surface area contributed by atoms with Crippen molar-refractivity contribution in [2.75, 3.05) is 5.43 Å². The quantitative estimate of drug-likeness (QED) is 0.631. The van der Waals surface area contributed by atoms with Crippen molar-refractivity contribution >= 4 is 17.9 Å². The average Bonchev–Trinajstić information content (AvgIpc) is 2.49. The van der Waals surface area contributed by atoms with Gasteiger partial charge in [0.05, 0.1) is 23.6 Å². The molecule has 114 valence electrons. The van der Waals surface area contributed by atoms with Crippen molar-refractivity contribution in [2.24, 2.45) is 5.10 Å². The first-order valence-electron chi connectivity index (χ1n) is 6.94. The lowest BCUT2D eigenvalue weighted by molar-refractivity contribution is 0.0697. The number of hydrogen-bond donors (Lipinski definition) is 2. The van der Waals surface area contributed by atoms with Crippen LogP contribution in [0, 0.1) is 0 Å². The van der Waals surface area contributed by atoms with Crippen LogP contribution < -0.4 is 10.2 Å². The third-order valence-electron chi connectivity index (χ3n) is 2.79.